The lowest BCUT2D eigenvalue weighted by Gasteiger charge is -2.22. The number of nitrogens with one attached hydrogen (secondary N) is 2. The predicted molar refractivity (Wildman–Crippen MR) is 56.2 cm³/mol. The highest BCUT2D eigenvalue weighted by Gasteiger charge is 2.08. The average molecular weight is 222 g/mol. The maximum atomic E-state index is 5.97. The van der Waals surface area contributed by atoms with Gasteiger partial charge < -0.3 is 10.7 Å². The van der Waals surface area contributed by atoms with E-state index in [9.17, 15) is 0 Å². The van der Waals surface area contributed by atoms with Crippen molar-refractivity contribution in [2.45, 2.75) is 12.3 Å². The van der Waals surface area contributed by atoms with E-state index < -0.39 is 0 Å². The lowest BCUT2D eigenvalue weighted by atomic mass is 10.3. The number of allylic oxidation sites excluding steroid dienone is 1. The minimum atomic E-state index is 0.0880. The lowest BCUT2D eigenvalue weighted by molar-refractivity contribution is 0.376. The maximum absolute atomic E-state index is 5.97. The van der Waals surface area contributed by atoms with Gasteiger partial charge in [-0.15, -0.1) is 11.6 Å². The Morgan fingerprint density at radius 1 is 1.69 bits per heavy atom. The van der Waals surface area contributed by atoms with Crippen LogP contribution in [0.3, 0.4) is 0 Å². The number of rotatable bonds is 3. The highest BCUT2D eigenvalue weighted by molar-refractivity contribution is 6.31. The van der Waals surface area contributed by atoms with Gasteiger partial charge in [0.2, 0.25) is 0 Å². The fraction of sp³-hybridized carbons (Fsp3) is 0.500. The fourth-order valence-corrected chi connectivity index (χ4v) is 1.24. The number of hydrogen-bond acceptors (Lipinski definition) is 3. The standard InChI is InChI=1S/C8H13Cl2N3/c1-6(9)3-11-8-4-12-13(2)5-7(8)10/h4-6,11-12H,3H2,1-2H3. The third kappa shape index (κ3) is 3.36. The second-order valence-electron chi connectivity index (χ2n) is 2.94. The SMILES string of the molecule is CC(Cl)CNC1=CNN(C)C=C1Cl. The molecule has 0 fully saturated rings. The summed E-state index contributed by atoms with van der Waals surface area (Å²) in [5, 5.41) is 5.67. The van der Waals surface area contributed by atoms with Gasteiger partial charge in [-0.05, 0) is 6.92 Å². The molecule has 0 aliphatic carbocycles. The van der Waals surface area contributed by atoms with E-state index in [1.54, 1.807) is 11.2 Å². The first kappa shape index (κ1) is 10.5. The summed E-state index contributed by atoms with van der Waals surface area (Å²) in [5.41, 5.74) is 3.86. The summed E-state index contributed by atoms with van der Waals surface area (Å²) in [7, 11) is 1.87. The van der Waals surface area contributed by atoms with Crippen LogP contribution in [0.25, 0.3) is 0 Å². The molecule has 5 heteroatoms. The Balaban J connectivity index is 2.47. The summed E-state index contributed by atoms with van der Waals surface area (Å²) in [6, 6.07) is 0. The van der Waals surface area contributed by atoms with E-state index in [0.29, 0.717) is 11.6 Å². The topological polar surface area (TPSA) is 27.3 Å². The van der Waals surface area contributed by atoms with Crippen LogP contribution in [0.4, 0.5) is 0 Å². The van der Waals surface area contributed by atoms with Crippen LogP contribution in [0.2, 0.25) is 0 Å². The van der Waals surface area contributed by atoms with E-state index in [-0.39, 0.29) is 5.38 Å². The van der Waals surface area contributed by atoms with Crippen LogP contribution in [0, 0.1) is 0 Å². The molecular weight excluding hydrogens is 209 g/mol. The minimum absolute atomic E-state index is 0.0880. The Kier molecular flexibility index (Phi) is 3.75. The summed E-state index contributed by atoms with van der Waals surface area (Å²) >= 11 is 11.8. The second kappa shape index (κ2) is 4.63. The third-order valence-electron chi connectivity index (χ3n) is 1.55. The van der Waals surface area contributed by atoms with Gasteiger partial charge in [0.05, 0.1) is 10.7 Å². The zero-order valence-electron chi connectivity index (χ0n) is 7.64. The molecule has 0 radical (unpaired) electrons. The molecule has 0 aromatic heterocycles. The normalized spacial score (nSPS) is 18.6. The highest BCUT2D eigenvalue weighted by atomic mass is 35.5. The largest absolute Gasteiger partial charge is 0.381 e. The molecule has 0 saturated heterocycles. The molecule has 1 rings (SSSR count). The molecule has 2 N–H and O–H groups in total. The van der Waals surface area contributed by atoms with E-state index in [4.69, 9.17) is 23.2 Å². The number of hydrogen-bond donors (Lipinski definition) is 2. The average Bonchev–Trinajstić information content (AvgIpc) is 2.02. The van der Waals surface area contributed by atoms with Gasteiger partial charge in [0, 0.05) is 31.4 Å². The maximum Gasteiger partial charge on any atom is 0.0831 e. The summed E-state index contributed by atoms with van der Waals surface area (Å²) in [5.74, 6) is 0. The van der Waals surface area contributed by atoms with E-state index in [1.807, 2.05) is 20.2 Å². The number of alkyl halides is 1. The summed E-state index contributed by atoms with van der Waals surface area (Å²) < 4.78 is 0. The second-order valence-corrected chi connectivity index (χ2v) is 4.09. The lowest BCUT2D eigenvalue weighted by Crippen LogP contribution is -2.32. The van der Waals surface area contributed by atoms with Crippen molar-refractivity contribution in [1.29, 1.82) is 0 Å². The van der Waals surface area contributed by atoms with Gasteiger partial charge >= 0.3 is 0 Å². The molecule has 3 nitrogen and oxygen atoms in total. The minimum Gasteiger partial charge on any atom is -0.381 e. The Labute approximate surface area is 88.3 Å². The zero-order valence-corrected chi connectivity index (χ0v) is 9.15. The van der Waals surface area contributed by atoms with Gasteiger partial charge in [0.1, 0.15) is 0 Å². The van der Waals surface area contributed by atoms with Gasteiger partial charge in [0.25, 0.3) is 0 Å². The Bertz CT molecular complexity index is 236. The summed E-state index contributed by atoms with van der Waals surface area (Å²) in [6.07, 6.45) is 3.60. The molecule has 1 aliphatic heterocycles. The van der Waals surface area contributed by atoms with Crippen molar-refractivity contribution in [1.82, 2.24) is 15.8 Å². The predicted octanol–water partition coefficient (Wildman–Crippen LogP) is 1.57. The first-order chi connectivity index (χ1) is 6.09. The van der Waals surface area contributed by atoms with Crippen molar-refractivity contribution in [2.75, 3.05) is 13.6 Å². The van der Waals surface area contributed by atoms with Crippen LogP contribution in [0.15, 0.2) is 23.1 Å². The molecule has 0 saturated carbocycles. The first-order valence-electron chi connectivity index (χ1n) is 4.04. The van der Waals surface area contributed by atoms with Crippen LogP contribution in [-0.2, 0) is 0 Å². The molecule has 13 heavy (non-hydrogen) atoms. The van der Waals surface area contributed by atoms with Crippen LogP contribution in [0.1, 0.15) is 6.92 Å². The van der Waals surface area contributed by atoms with Crippen molar-refractivity contribution in [3.63, 3.8) is 0 Å². The van der Waals surface area contributed by atoms with Crippen molar-refractivity contribution >= 4 is 23.2 Å². The van der Waals surface area contributed by atoms with Gasteiger partial charge in [-0.2, -0.15) is 0 Å². The van der Waals surface area contributed by atoms with E-state index in [1.165, 1.54) is 0 Å². The van der Waals surface area contributed by atoms with E-state index in [2.05, 4.69) is 10.7 Å². The smallest absolute Gasteiger partial charge is 0.0831 e. The van der Waals surface area contributed by atoms with Gasteiger partial charge in [-0.25, -0.2) is 0 Å². The molecule has 0 aromatic carbocycles. The fourth-order valence-electron chi connectivity index (χ4n) is 0.898. The van der Waals surface area contributed by atoms with Crippen LogP contribution in [0.5, 0.6) is 0 Å². The Hall–Kier alpha value is -0.540. The van der Waals surface area contributed by atoms with Crippen LogP contribution >= 0.6 is 23.2 Å². The summed E-state index contributed by atoms with van der Waals surface area (Å²) in [6.45, 7) is 2.62. The number of hydrazine groups is 1. The molecule has 0 spiro atoms. The summed E-state index contributed by atoms with van der Waals surface area (Å²) in [4.78, 5) is 0. The van der Waals surface area contributed by atoms with Gasteiger partial charge in [-0.1, -0.05) is 11.6 Å². The van der Waals surface area contributed by atoms with Gasteiger partial charge in [-0.3, -0.25) is 5.01 Å². The molecule has 1 atom stereocenters. The zero-order chi connectivity index (χ0) is 9.84. The van der Waals surface area contributed by atoms with Crippen molar-refractivity contribution < 1.29 is 0 Å². The van der Waals surface area contributed by atoms with Crippen molar-refractivity contribution in [3.05, 3.63) is 23.1 Å². The van der Waals surface area contributed by atoms with Gasteiger partial charge in [0.15, 0.2) is 0 Å². The monoisotopic (exact) mass is 221 g/mol. The number of nitrogens with zero attached hydrogens (tertiary/aromatic N) is 1. The van der Waals surface area contributed by atoms with E-state index >= 15 is 0 Å². The number of halogens is 2. The molecule has 0 bridgehead atoms. The quantitative estimate of drug-likeness (QED) is 0.710. The Morgan fingerprint density at radius 3 is 2.92 bits per heavy atom. The molecular formula is C8H13Cl2N3. The molecule has 0 aromatic rings. The first-order valence-corrected chi connectivity index (χ1v) is 4.86. The van der Waals surface area contributed by atoms with Crippen LogP contribution in [-0.4, -0.2) is 24.0 Å². The van der Waals surface area contributed by atoms with E-state index in [0.717, 1.165) is 5.70 Å². The molecule has 1 aliphatic rings. The Morgan fingerprint density at radius 2 is 2.38 bits per heavy atom. The molecule has 1 unspecified atom stereocenters. The third-order valence-corrected chi connectivity index (χ3v) is 2.01. The van der Waals surface area contributed by atoms with Crippen molar-refractivity contribution in [2.24, 2.45) is 0 Å². The molecule has 74 valence electrons. The highest BCUT2D eigenvalue weighted by Crippen LogP contribution is 2.14. The molecule has 1 heterocycles. The van der Waals surface area contributed by atoms with Crippen molar-refractivity contribution in [3.8, 4) is 0 Å². The van der Waals surface area contributed by atoms with Crippen LogP contribution < -0.4 is 10.7 Å². The molecule has 0 amide bonds.